The molecule has 0 atom stereocenters. The molecule has 0 fully saturated rings. The van der Waals surface area contributed by atoms with E-state index in [-0.39, 0.29) is 6.61 Å². The van der Waals surface area contributed by atoms with E-state index >= 15 is 0 Å². The first-order chi connectivity index (χ1) is 7.91. The van der Waals surface area contributed by atoms with Crippen molar-refractivity contribution < 1.29 is 9.47 Å². The lowest BCUT2D eigenvalue weighted by Gasteiger charge is -2.02. The maximum Gasteiger partial charge on any atom is 0.0876 e. The molecule has 0 amide bonds. The first-order valence-electron chi connectivity index (χ1n) is 6.85. The summed E-state index contributed by atoms with van der Waals surface area (Å²) >= 11 is 0. The van der Waals surface area contributed by atoms with Crippen LogP contribution in [0.4, 0.5) is 4.53 Å². The molecular weight excluding hydrogens is 205 g/mol. The summed E-state index contributed by atoms with van der Waals surface area (Å²) in [6.07, 6.45) is 13.7. The Morgan fingerprint density at radius 2 is 1.00 bits per heavy atom. The molecule has 0 spiro atoms. The molecule has 0 unspecified atom stereocenters. The van der Waals surface area contributed by atoms with Crippen molar-refractivity contribution in [1.82, 2.24) is 0 Å². The fraction of sp³-hybridized carbons (Fsp3) is 1.00. The van der Waals surface area contributed by atoms with Gasteiger partial charge in [-0.15, -0.1) is 0 Å². The second kappa shape index (κ2) is 14.8. The first-order valence-corrected chi connectivity index (χ1v) is 6.85. The molecule has 3 heteroatoms. The third kappa shape index (κ3) is 13.8. The monoisotopic (exact) mass is 233 g/mol. The Bertz CT molecular complexity index is 109. The maximum absolute atomic E-state index is 11.3. The average Bonchev–Trinajstić information content (AvgIpc) is 2.31. The van der Waals surface area contributed by atoms with Crippen molar-refractivity contribution in [2.75, 3.05) is 13.2 Å². The van der Waals surface area contributed by atoms with Crippen LogP contribution in [0.25, 0.3) is 0 Å². The molecule has 16 heavy (non-hydrogen) atoms. The van der Waals surface area contributed by atoms with Crippen LogP contribution < -0.4 is 5.73 Å². The van der Waals surface area contributed by atoms with Gasteiger partial charge < -0.3 is 5.73 Å². The molecule has 0 aromatic carbocycles. The third-order valence-electron chi connectivity index (χ3n) is 2.93. The van der Waals surface area contributed by atoms with E-state index in [9.17, 15) is 4.53 Å². The molecule has 2 N–H and O–H groups in total. The highest BCUT2D eigenvalue weighted by Crippen LogP contribution is 2.11. The molecule has 0 bridgehead atoms. The second-order valence-corrected chi connectivity index (χ2v) is 4.49. The molecule has 0 saturated heterocycles. The zero-order chi connectivity index (χ0) is 11.9. The van der Waals surface area contributed by atoms with E-state index in [4.69, 9.17) is 5.73 Å². The molecule has 2 nitrogen and oxygen atoms in total. The van der Waals surface area contributed by atoms with Gasteiger partial charge in [0.25, 0.3) is 0 Å². The molecule has 0 aromatic rings. The molecule has 0 radical (unpaired) electrons. The second-order valence-electron chi connectivity index (χ2n) is 4.49. The predicted molar refractivity (Wildman–Crippen MR) is 66.9 cm³/mol. The fourth-order valence-electron chi connectivity index (χ4n) is 1.89. The van der Waals surface area contributed by atoms with Crippen molar-refractivity contribution in [3.8, 4) is 0 Å². The van der Waals surface area contributed by atoms with Crippen LogP contribution in [0.2, 0.25) is 0 Å². The molecule has 0 saturated carbocycles. The Morgan fingerprint density at radius 3 is 1.38 bits per heavy atom. The lowest BCUT2D eigenvalue weighted by atomic mass is 10.1. The normalized spacial score (nSPS) is 10.9. The van der Waals surface area contributed by atoms with Gasteiger partial charge in [0, 0.05) is 0 Å². The summed E-state index contributed by atoms with van der Waals surface area (Å²) in [6, 6.07) is 0. The highest BCUT2D eigenvalue weighted by Gasteiger charge is 1.93. The van der Waals surface area contributed by atoms with Gasteiger partial charge in [0.2, 0.25) is 0 Å². The number of hydrogen-bond acceptors (Lipinski definition) is 2. The smallest absolute Gasteiger partial charge is 0.0876 e. The van der Waals surface area contributed by atoms with Gasteiger partial charge in [0.1, 0.15) is 0 Å². The van der Waals surface area contributed by atoms with Crippen LogP contribution in [0, 0.1) is 0 Å². The van der Waals surface area contributed by atoms with Gasteiger partial charge in [-0.1, -0.05) is 57.8 Å². The number of unbranched alkanes of at least 4 members (excludes halogenated alkanes) is 10. The third-order valence-corrected chi connectivity index (χ3v) is 2.93. The quantitative estimate of drug-likeness (QED) is 0.485. The molecule has 0 heterocycles. The van der Waals surface area contributed by atoms with E-state index in [1.807, 2.05) is 0 Å². The topological polar surface area (TPSA) is 35.2 Å². The van der Waals surface area contributed by atoms with E-state index in [0.29, 0.717) is 0 Å². The molecule has 0 aliphatic rings. The maximum atomic E-state index is 11.3. The molecule has 0 aliphatic heterocycles. The van der Waals surface area contributed by atoms with Crippen molar-refractivity contribution in [3.63, 3.8) is 0 Å². The number of rotatable bonds is 13. The molecule has 0 aliphatic carbocycles. The van der Waals surface area contributed by atoms with Gasteiger partial charge in [0.05, 0.1) is 6.61 Å². The van der Waals surface area contributed by atoms with Gasteiger partial charge in [-0.05, 0) is 23.9 Å². The number of halogens is 1. The summed E-state index contributed by atoms with van der Waals surface area (Å²) in [6.45, 7) is 1.10. The molecule has 0 rings (SSSR count). The largest absolute Gasteiger partial charge is 0.330 e. The predicted octanol–water partition coefficient (Wildman–Crippen LogP) is 4.14. The van der Waals surface area contributed by atoms with Gasteiger partial charge >= 0.3 is 0 Å². The lowest BCUT2D eigenvalue weighted by Crippen LogP contribution is -1.97. The molecular formula is C13H28FNO. The highest BCUT2D eigenvalue weighted by molar-refractivity contribution is 4.48. The molecule has 98 valence electrons. The Morgan fingerprint density at radius 1 is 0.625 bits per heavy atom. The van der Waals surface area contributed by atoms with Crippen LogP contribution in [0.15, 0.2) is 0 Å². The summed E-state index contributed by atoms with van der Waals surface area (Å²) in [5.41, 5.74) is 5.43. The Balaban J connectivity index is 2.83. The standard InChI is InChI=1S/C13H28FNO/c14-16-13-11-9-7-5-3-1-2-4-6-8-10-12-15/h1-13,15H2. The Kier molecular flexibility index (Phi) is 14.7. The number of hydrogen-bond donors (Lipinski definition) is 1. The van der Waals surface area contributed by atoms with E-state index in [0.717, 1.165) is 19.4 Å². The zero-order valence-corrected chi connectivity index (χ0v) is 10.6. The minimum Gasteiger partial charge on any atom is -0.330 e. The van der Waals surface area contributed by atoms with Crippen LogP contribution in [0.5, 0.6) is 0 Å². The summed E-state index contributed by atoms with van der Waals surface area (Å²) in [7, 11) is 0. The van der Waals surface area contributed by atoms with Gasteiger partial charge in [-0.3, -0.25) is 0 Å². The lowest BCUT2D eigenvalue weighted by molar-refractivity contribution is -0.133. The summed E-state index contributed by atoms with van der Waals surface area (Å²) in [5, 5.41) is 0. The van der Waals surface area contributed by atoms with Crippen LogP contribution in [-0.2, 0) is 4.94 Å². The minimum atomic E-state index is 0.265. The summed E-state index contributed by atoms with van der Waals surface area (Å²) < 4.78 is 11.3. The van der Waals surface area contributed by atoms with Crippen molar-refractivity contribution in [1.29, 1.82) is 0 Å². The van der Waals surface area contributed by atoms with E-state index in [2.05, 4.69) is 4.94 Å². The van der Waals surface area contributed by atoms with Crippen molar-refractivity contribution in [2.45, 2.75) is 70.6 Å². The first kappa shape index (κ1) is 15.9. The van der Waals surface area contributed by atoms with Crippen molar-refractivity contribution in [2.24, 2.45) is 5.73 Å². The van der Waals surface area contributed by atoms with Crippen LogP contribution in [-0.4, -0.2) is 13.2 Å². The average molecular weight is 233 g/mol. The minimum absolute atomic E-state index is 0.265. The van der Waals surface area contributed by atoms with Crippen LogP contribution in [0.1, 0.15) is 70.6 Å². The highest BCUT2D eigenvalue weighted by atomic mass is 19.3. The Hall–Kier alpha value is -0.150. The molecule has 0 aromatic heterocycles. The number of nitrogens with two attached hydrogens (primary N) is 1. The van der Waals surface area contributed by atoms with E-state index in [1.54, 1.807) is 0 Å². The van der Waals surface area contributed by atoms with Gasteiger partial charge in [-0.2, -0.15) is 4.94 Å². The fourth-order valence-corrected chi connectivity index (χ4v) is 1.89. The van der Waals surface area contributed by atoms with Gasteiger partial charge in [-0.25, -0.2) is 0 Å². The van der Waals surface area contributed by atoms with E-state index in [1.165, 1.54) is 57.8 Å². The van der Waals surface area contributed by atoms with Crippen molar-refractivity contribution >= 4 is 0 Å². The SMILES string of the molecule is NCCCCCCCCCCCCCOF. The van der Waals surface area contributed by atoms with E-state index < -0.39 is 0 Å². The van der Waals surface area contributed by atoms with Crippen LogP contribution in [0.3, 0.4) is 0 Å². The zero-order valence-electron chi connectivity index (χ0n) is 10.6. The summed E-state index contributed by atoms with van der Waals surface area (Å²) in [5.74, 6) is 0. The summed E-state index contributed by atoms with van der Waals surface area (Å²) in [4.78, 5) is 3.52. The Labute approximate surface area is 99.6 Å². The van der Waals surface area contributed by atoms with Gasteiger partial charge in [0.15, 0.2) is 0 Å². The van der Waals surface area contributed by atoms with Crippen molar-refractivity contribution in [3.05, 3.63) is 0 Å². The van der Waals surface area contributed by atoms with Crippen LogP contribution >= 0.6 is 0 Å².